The Morgan fingerprint density at radius 1 is 1.47 bits per heavy atom. The van der Waals surface area contributed by atoms with E-state index in [2.05, 4.69) is 28.2 Å². The predicted molar refractivity (Wildman–Crippen MR) is 77.0 cm³/mol. The third-order valence-corrected chi connectivity index (χ3v) is 4.08. The van der Waals surface area contributed by atoms with Crippen LogP contribution in [0, 0.1) is 0 Å². The summed E-state index contributed by atoms with van der Waals surface area (Å²) in [6.07, 6.45) is 1.65. The van der Waals surface area contributed by atoms with E-state index in [-0.39, 0.29) is 30.1 Å². The Morgan fingerprint density at radius 3 is 2.95 bits per heavy atom. The molecule has 19 heavy (non-hydrogen) atoms. The minimum Gasteiger partial charge on any atom is -0.336 e. The number of hydrogen-bond donors (Lipinski definition) is 1. The first-order chi connectivity index (χ1) is 8.99. The largest absolute Gasteiger partial charge is 0.336 e. The summed E-state index contributed by atoms with van der Waals surface area (Å²) in [5.74, 6) is -0.0129. The molecule has 0 radical (unpaired) electrons. The molecule has 2 rings (SSSR count). The summed E-state index contributed by atoms with van der Waals surface area (Å²) in [7, 11) is 0. The molecule has 104 valence electrons. The third kappa shape index (κ3) is 3.25. The Hall–Kier alpha value is -1.14. The van der Waals surface area contributed by atoms with Crippen LogP contribution >= 0.6 is 15.9 Å². The Kier molecular flexibility index (Phi) is 4.42. The maximum absolute atomic E-state index is 12.3. The number of carbonyl (C=O) groups is 1. The van der Waals surface area contributed by atoms with Gasteiger partial charge in [-0.15, -0.1) is 0 Å². The van der Waals surface area contributed by atoms with E-state index < -0.39 is 0 Å². The van der Waals surface area contributed by atoms with Gasteiger partial charge in [-0.05, 0) is 35.8 Å². The van der Waals surface area contributed by atoms with Gasteiger partial charge in [-0.25, -0.2) is 0 Å². The molecule has 1 aliphatic heterocycles. The van der Waals surface area contributed by atoms with Gasteiger partial charge in [-0.2, -0.15) is 0 Å². The normalized spacial score (nSPS) is 23.4. The van der Waals surface area contributed by atoms with Crippen molar-refractivity contribution in [2.75, 3.05) is 13.1 Å². The molecule has 1 saturated heterocycles. The van der Waals surface area contributed by atoms with Crippen molar-refractivity contribution in [3.63, 3.8) is 0 Å². The zero-order valence-corrected chi connectivity index (χ0v) is 12.7. The monoisotopic (exact) mass is 327 g/mol. The Balaban J connectivity index is 2.12. The summed E-state index contributed by atoms with van der Waals surface area (Å²) >= 11 is 3.31. The molecule has 1 aromatic rings. The number of aromatic nitrogens is 1. The molecule has 1 N–H and O–H groups in total. The van der Waals surface area contributed by atoms with Crippen molar-refractivity contribution in [3.8, 4) is 0 Å². The number of nitrogens with one attached hydrogen (secondary N) is 1. The smallest absolute Gasteiger partial charge is 0.251 e. The van der Waals surface area contributed by atoms with Gasteiger partial charge in [-0.3, -0.25) is 9.59 Å². The molecule has 2 unspecified atom stereocenters. The summed E-state index contributed by atoms with van der Waals surface area (Å²) in [6, 6.07) is 3.56. The van der Waals surface area contributed by atoms with E-state index in [0.717, 1.165) is 11.0 Å². The van der Waals surface area contributed by atoms with Crippen molar-refractivity contribution in [3.05, 3.63) is 33.2 Å². The molecular formula is C13H18BrN3O2. The minimum atomic E-state index is -0.160. The number of carbonyl (C=O) groups excluding carboxylic acids is 1. The van der Waals surface area contributed by atoms with E-state index in [1.807, 2.05) is 11.8 Å². The lowest BCUT2D eigenvalue weighted by Crippen LogP contribution is -2.58. The minimum absolute atomic E-state index is 0.0129. The van der Waals surface area contributed by atoms with Crippen LogP contribution in [0.5, 0.6) is 0 Å². The van der Waals surface area contributed by atoms with Crippen LogP contribution in [0.1, 0.15) is 13.8 Å². The molecule has 2 atom stereocenters. The van der Waals surface area contributed by atoms with Crippen molar-refractivity contribution < 1.29 is 4.79 Å². The highest BCUT2D eigenvalue weighted by Crippen LogP contribution is 2.10. The average Bonchev–Trinajstić information content (AvgIpc) is 2.37. The lowest BCUT2D eigenvalue weighted by Gasteiger charge is -2.38. The van der Waals surface area contributed by atoms with E-state index in [1.54, 1.807) is 12.3 Å². The molecule has 1 fully saturated rings. The highest BCUT2D eigenvalue weighted by atomic mass is 79.9. The molecule has 0 aliphatic carbocycles. The fourth-order valence-electron chi connectivity index (χ4n) is 2.27. The van der Waals surface area contributed by atoms with Crippen molar-refractivity contribution in [2.45, 2.75) is 32.5 Å². The number of halogens is 1. The molecule has 0 saturated carbocycles. The van der Waals surface area contributed by atoms with Crippen molar-refractivity contribution in [1.82, 2.24) is 14.8 Å². The van der Waals surface area contributed by atoms with Crippen LogP contribution in [-0.2, 0) is 11.3 Å². The van der Waals surface area contributed by atoms with Crippen LogP contribution < -0.4 is 10.9 Å². The first kappa shape index (κ1) is 14.3. The molecule has 6 heteroatoms. The first-order valence-corrected chi connectivity index (χ1v) is 7.17. The summed E-state index contributed by atoms with van der Waals surface area (Å²) in [6.45, 7) is 5.67. The number of nitrogens with zero attached hydrogens (tertiary/aromatic N) is 2. The van der Waals surface area contributed by atoms with Crippen molar-refractivity contribution >= 4 is 21.8 Å². The molecule has 0 bridgehead atoms. The zero-order chi connectivity index (χ0) is 14.0. The molecule has 5 nitrogen and oxygen atoms in total. The van der Waals surface area contributed by atoms with Gasteiger partial charge in [0.2, 0.25) is 5.91 Å². The molecule has 1 aliphatic rings. The van der Waals surface area contributed by atoms with Gasteiger partial charge in [-0.1, -0.05) is 0 Å². The van der Waals surface area contributed by atoms with Crippen LogP contribution in [0.25, 0.3) is 0 Å². The standard InChI is InChI=1S/C13H18BrN3O2/c1-9-10(2)17(6-5-15-9)13(19)8-16-7-11(14)3-4-12(16)18/h3-4,7,9-10,15H,5-6,8H2,1-2H3. The summed E-state index contributed by atoms with van der Waals surface area (Å²) < 4.78 is 2.23. The topological polar surface area (TPSA) is 54.3 Å². The van der Waals surface area contributed by atoms with E-state index in [4.69, 9.17) is 0 Å². The second-order valence-corrected chi connectivity index (χ2v) is 5.80. The van der Waals surface area contributed by atoms with E-state index >= 15 is 0 Å². The highest BCUT2D eigenvalue weighted by molar-refractivity contribution is 9.10. The summed E-state index contributed by atoms with van der Waals surface area (Å²) in [5.41, 5.74) is -0.160. The molecular weight excluding hydrogens is 310 g/mol. The molecule has 2 heterocycles. The summed E-state index contributed by atoms with van der Waals surface area (Å²) in [5, 5.41) is 3.33. The van der Waals surface area contributed by atoms with E-state index in [1.165, 1.54) is 10.6 Å². The highest BCUT2D eigenvalue weighted by Gasteiger charge is 2.27. The second kappa shape index (κ2) is 5.88. The van der Waals surface area contributed by atoms with Crippen LogP contribution in [0.4, 0.5) is 0 Å². The fraction of sp³-hybridized carbons (Fsp3) is 0.538. The maximum atomic E-state index is 12.3. The zero-order valence-electron chi connectivity index (χ0n) is 11.1. The Morgan fingerprint density at radius 2 is 2.21 bits per heavy atom. The van der Waals surface area contributed by atoms with Crippen LogP contribution in [0.2, 0.25) is 0 Å². The number of rotatable bonds is 2. The molecule has 0 spiro atoms. The SMILES string of the molecule is CC1NCCN(C(=O)Cn2cc(Br)ccc2=O)C1C. The Labute approximate surface area is 120 Å². The van der Waals surface area contributed by atoms with Gasteiger partial charge in [0.15, 0.2) is 0 Å². The van der Waals surface area contributed by atoms with Gasteiger partial charge < -0.3 is 14.8 Å². The average molecular weight is 328 g/mol. The molecule has 1 aromatic heterocycles. The fourth-order valence-corrected chi connectivity index (χ4v) is 2.65. The maximum Gasteiger partial charge on any atom is 0.251 e. The lowest BCUT2D eigenvalue weighted by atomic mass is 10.1. The number of hydrogen-bond acceptors (Lipinski definition) is 3. The number of pyridine rings is 1. The Bertz CT molecular complexity index is 529. The van der Waals surface area contributed by atoms with Crippen LogP contribution in [-0.4, -0.2) is 40.5 Å². The van der Waals surface area contributed by atoms with E-state index in [9.17, 15) is 9.59 Å². The number of piperazine rings is 1. The molecule has 0 aromatic carbocycles. The summed E-state index contributed by atoms with van der Waals surface area (Å²) in [4.78, 5) is 25.8. The van der Waals surface area contributed by atoms with E-state index in [0.29, 0.717) is 6.54 Å². The number of amides is 1. The van der Waals surface area contributed by atoms with Crippen LogP contribution in [0.15, 0.2) is 27.6 Å². The van der Waals surface area contributed by atoms with Gasteiger partial charge in [0, 0.05) is 41.9 Å². The first-order valence-electron chi connectivity index (χ1n) is 6.38. The van der Waals surface area contributed by atoms with Gasteiger partial charge in [0.1, 0.15) is 6.54 Å². The van der Waals surface area contributed by atoms with Gasteiger partial charge in [0.05, 0.1) is 0 Å². The predicted octanol–water partition coefficient (Wildman–Crippen LogP) is 0.820. The quantitative estimate of drug-likeness (QED) is 0.875. The second-order valence-electron chi connectivity index (χ2n) is 4.88. The molecule has 1 amide bonds. The van der Waals surface area contributed by atoms with Crippen molar-refractivity contribution in [1.29, 1.82) is 0 Å². The van der Waals surface area contributed by atoms with Gasteiger partial charge >= 0.3 is 0 Å². The third-order valence-electron chi connectivity index (χ3n) is 3.61. The lowest BCUT2D eigenvalue weighted by molar-refractivity contribution is -0.135. The van der Waals surface area contributed by atoms with Crippen LogP contribution in [0.3, 0.4) is 0 Å². The van der Waals surface area contributed by atoms with Crippen molar-refractivity contribution in [2.24, 2.45) is 0 Å². The van der Waals surface area contributed by atoms with Gasteiger partial charge in [0.25, 0.3) is 5.56 Å².